The van der Waals surface area contributed by atoms with Crippen molar-refractivity contribution in [3.05, 3.63) is 65.0 Å². The van der Waals surface area contributed by atoms with Crippen LogP contribution in [0.5, 0.6) is 0 Å². The Morgan fingerprint density at radius 1 is 1.15 bits per heavy atom. The predicted octanol–water partition coefficient (Wildman–Crippen LogP) is 2.58. The first-order chi connectivity index (χ1) is 15.6. The maximum absolute atomic E-state index is 13.4. The lowest BCUT2D eigenvalue weighted by atomic mass is 9.87. The van der Waals surface area contributed by atoms with Gasteiger partial charge in [-0.05, 0) is 60.7 Å². The first-order valence-corrected chi connectivity index (χ1v) is 12.5. The van der Waals surface area contributed by atoms with Gasteiger partial charge in [0.25, 0.3) is 5.91 Å². The number of imide groups is 1. The molecule has 0 saturated carbocycles. The van der Waals surface area contributed by atoms with Gasteiger partial charge in [-0.15, -0.1) is 0 Å². The minimum absolute atomic E-state index is 0.230. The lowest BCUT2D eigenvalue weighted by Gasteiger charge is -2.29. The van der Waals surface area contributed by atoms with Gasteiger partial charge in [-0.2, -0.15) is 0 Å². The molecule has 33 heavy (non-hydrogen) atoms. The molecule has 0 aliphatic carbocycles. The number of fused-ring (bicyclic) bond motifs is 1. The molecule has 0 bridgehead atoms. The molecular weight excluding hydrogens is 449 g/mol. The van der Waals surface area contributed by atoms with Crippen molar-refractivity contribution in [2.75, 3.05) is 23.7 Å². The van der Waals surface area contributed by atoms with Gasteiger partial charge in [0, 0.05) is 12.1 Å². The van der Waals surface area contributed by atoms with Gasteiger partial charge in [0.05, 0.1) is 18.5 Å². The minimum atomic E-state index is -3.43. The summed E-state index contributed by atoms with van der Waals surface area (Å²) < 4.78 is 38.8. The van der Waals surface area contributed by atoms with Gasteiger partial charge in [0.2, 0.25) is 10.0 Å². The van der Waals surface area contributed by atoms with Gasteiger partial charge in [0.1, 0.15) is 11.4 Å². The monoisotopic (exact) mass is 473 g/mol. The number of urea groups is 1. The Bertz CT molecular complexity index is 1250. The number of Topliss-reactive ketones (excluding diaryl/α,β-unsaturated/α-hetero) is 1. The maximum atomic E-state index is 13.4. The summed E-state index contributed by atoms with van der Waals surface area (Å²) in [6.07, 6.45) is 2.62. The van der Waals surface area contributed by atoms with Crippen molar-refractivity contribution in [3.63, 3.8) is 0 Å². The number of carbonyl (C=O) groups excluding carboxylic acids is 3. The quantitative estimate of drug-likeness (QED) is 0.513. The van der Waals surface area contributed by atoms with Crippen molar-refractivity contribution in [1.29, 1.82) is 0 Å². The van der Waals surface area contributed by atoms with E-state index in [0.717, 1.165) is 16.7 Å². The van der Waals surface area contributed by atoms with E-state index in [1.54, 1.807) is 19.1 Å². The van der Waals surface area contributed by atoms with Gasteiger partial charge in [-0.1, -0.05) is 19.1 Å². The predicted molar refractivity (Wildman–Crippen MR) is 120 cm³/mol. The number of benzene rings is 2. The van der Waals surface area contributed by atoms with Gasteiger partial charge in [-0.3, -0.25) is 18.8 Å². The lowest BCUT2D eigenvalue weighted by molar-refractivity contribution is -0.131. The second kappa shape index (κ2) is 8.26. The van der Waals surface area contributed by atoms with Crippen molar-refractivity contribution >= 4 is 33.4 Å². The summed E-state index contributed by atoms with van der Waals surface area (Å²) in [6, 6.07) is 9.35. The van der Waals surface area contributed by atoms with E-state index in [1.807, 2.05) is 0 Å². The molecule has 1 saturated heterocycles. The fourth-order valence-electron chi connectivity index (χ4n) is 4.46. The van der Waals surface area contributed by atoms with E-state index in [4.69, 9.17) is 0 Å². The number of halogens is 1. The topological polar surface area (TPSA) is 104 Å². The van der Waals surface area contributed by atoms with Crippen molar-refractivity contribution < 1.29 is 27.2 Å². The maximum Gasteiger partial charge on any atom is 0.325 e. The molecule has 2 aromatic carbocycles. The third-order valence-electron chi connectivity index (χ3n) is 6.22. The van der Waals surface area contributed by atoms with E-state index in [-0.39, 0.29) is 6.42 Å². The highest BCUT2D eigenvalue weighted by Gasteiger charge is 2.51. The molecule has 0 radical (unpaired) electrons. The molecule has 0 unspecified atom stereocenters. The molecule has 2 aromatic rings. The van der Waals surface area contributed by atoms with Crippen LogP contribution in [-0.4, -0.2) is 50.4 Å². The largest absolute Gasteiger partial charge is 0.325 e. The lowest BCUT2D eigenvalue weighted by Crippen LogP contribution is -2.43. The number of ketones is 1. The van der Waals surface area contributed by atoms with Crippen LogP contribution in [0.25, 0.3) is 0 Å². The molecule has 3 amide bonds. The second-order valence-corrected chi connectivity index (χ2v) is 10.2. The molecule has 1 N–H and O–H groups in total. The third kappa shape index (κ3) is 3.99. The van der Waals surface area contributed by atoms with Gasteiger partial charge in [0.15, 0.2) is 5.78 Å². The summed E-state index contributed by atoms with van der Waals surface area (Å²) in [5, 5.41) is 2.67. The highest BCUT2D eigenvalue weighted by atomic mass is 32.2. The van der Waals surface area contributed by atoms with Crippen LogP contribution in [0.4, 0.5) is 14.9 Å². The summed E-state index contributed by atoms with van der Waals surface area (Å²) >= 11 is 0. The van der Waals surface area contributed by atoms with Crippen LogP contribution in [0.3, 0.4) is 0 Å². The molecule has 2 aliphatic rings. The summed E-state index contributed by atoms with van der Waals surface area (Å²) in [6.45, 7) is 1.65. The molecule has 1 fully saturated rings. The third-order valence-corrected chi connectivity index (χ3v) is 7.40. The number of nitrogens with one attached hydrogen (secondary N) is 1. The first kappa shape index (κ1) is 22.9. The molecule has 2 aliphatic heterocycles. The molecule has 2 heterocycles. The number of hydrogen-bond donors (Lipinski definition) is 1. The average Bonchev–Trinajstić information content (AvgIpc) is 3.03. The number of amides is 3. The molecular formula is C23H24FN3O5S. The first-order valence-electron chi connectivity index (χ1n) is 10.6. The number of rotatable bonds is 6. The normalized spacial score (nSPS) is 20.6. The number of hydrogen-bond acceptors (Lipinski definition) is 5. The van der Waals surface area contributed by atoms with Gasteiger partial charge < -0.3 is 5.32 Å². The fraction of sp³-hybridized carbons (Fsp3) is 0.348. The van der Waals surface area contributed by atoms with Gasteiger partial charge >= 0.3 is 6.03 Å². The molecule has 8 nitrogen and oxygen atoms in total. The summed E-state index contributed by atoms with van der Waals surface area (Å²) in [5.74, 6) is -1.48. The highest BCUT2D eigenvalue weighted by Crippen LogP contribution is 2.33. The van der Waals surface area contributed by atoms with E-state index in [2.05, 4.69) is 5.32 Å². The van der Waals surface area contributed by atoms with Crippen molar-refractivity contribution in [3.8, 4) is 0 Å². The summed E-state index contributed by atoms with van der Waals surface area (Å²) in [5.41, 5.74) is 0.632. The summed E-state index contributed by atoms with van der Waals surface area (Å²) in [4.78, 5) is 39.7. The van der Waals surface area contributed by atoms with E-state index in [0.29, 0.717) is 36.2 Å². The molecule has 0 aromatic heterocycles. The number of carbonyl (C=O) groups is 3. The Morgan fingerprint density at radius 3 is 2.48 bits per heavy atom. The Kier molecular flexibility index (Phi) is 5.73. The zero-order chi connectivity index (χ0) is 24.0. The molecule has 0 spiro atoms. The van der Waals surface area contributed by atoms with E-state index in [9.17, 15) is 27.2 Å². The fourth-order valence-corrected chi connectivity index (χ4v) is 5.46. The van der Waals surface area contributed by atoms with Crippen LogP contribution < -0.4 is 9.62 Å². The van der Waals surface area contributed by atoms with Crippen molar-refractivity contribution in [1.82, 2.24) is 10.2 Å². The smallest absolute Gasteiger partial charge is 0.319 e. The minimum Gasteiger partial charge on any atom is -0.319 e. The van der Waals surface area contributed by atoms with Crippen molar-refractivity contribution in [2.45, 2.75) is 31.7 Å². The zero-order valence-corrected chi connectivity index (χ0v) is 19.1. The van der Waals surface area contributed by atoms with Gasteiger partial charge in [-0.25, -0.2) is 17.6 Å². The Labute approximate surface area is 191 Å². The SMILES string of the molecule is CC[C@@]1(c2ccc(F)cc2)NC(=O)N(CC(=O)c2ccc3c(c2)CCCN3S(C)(=O)=O)C1=O. The van der Waals surface area contributed by atoms with Crippen molar-refractivity contribution in [2.24, 2.45) is 0 Å². The van der Waals surface area contributed by atoms with Crippen LogP contribution in [-0.2, 0) is 26.8 Å². The van der Waals surface area contributed by atoms with Crippen LogP contribution in [0, 0.1) is 5.82 Å². The standard InChI is InChI=1S/C23H24FN3O5S/c1-3-23(17-7-9-18(24)10-8-17)21(29)26(22(30)25-23)14-20(28)16-6-11-19-15(13-16)5-4-12-27(19)33(2,31)32/h6-11,13H,3-5,12,14H2,1-2H3,(H,25,30)/t23-/m0/s1. The number of aryl methyl sites for hydroxylation is 1. The van der Waals surface area contributed by atoms with Crippen LogP contribution in [0.15, 0.2) is 42.5 Å². The van der Waals surface area contributed by atoms with Crippen LogP contribution in [0.1, 0.15) is 41.3 Å². The molecule has 4 rings (SSSR count). The number of nitrogens with zero attached hydrogens (tertiary/aromatic N) is 2. The summed E-state index contributed by atoms with van der Waals surface area (Å²) in [7, 11) is -3.43. The number of sulfonamides is 1. The Hall–Kier alpha value is -3.27. The highest BCUT2D eigenvalue weighted by molar-refractivity contribution is 7.92. The van der Waals surface area contributed by atoms with E-state index >= 15 is 0 Å². The molecule has 1 atom stereocenters. The number of anilines is 1. The average molecular weight is 474 g/mol. The van der Waals surface area contributed by atoms with Crippen LogP contribution in [0.2, 0.25) is 0 Å². The zero-order valence-electron chi connectivity index (χ0n) is 18.3. The molecule has 10 heteroatoms. The van der Waals surface area contributed by atoms with E-state index in [1.165, 1.54) is 34.6 Å². The van der Waals surface area contributed by atoms with E-state index < -0.39 is 45.6 Å². The Morgan fingerprint density at radius 2 is 1.85 bits per heavy atom. The Balaban J connectivity index is 1.58. The molecule has 174 valence electrons. The van der Waals surface area contributed by atoms with Crippen LogP contribution >= 0.6 is 0 Å². The second-order valence-electron chi connectivity index (χ2n) is 8.29.